The van der Waals surface area contributed by atoms with Gasteiger partial charge in [0.05, 0.1) is 19.8 Å². The van der Waals surface area contributed by atoms with Crippen LogP contribution in [0.25, 0.3) is 33.4 Å². The Morgan fingerprint density at radius 1 is 0.424 bits per heavy atom. The summed E-state index contributed by atoms with van der Waals surface area (Å²) in [5.41, 5.74) is 13.9. The van der Waals surface area contributed by atoms with Crippen molar-refractivity contribution in [2.24, 2.45) is 0 Å². The number of hydrogen-bond acceptors (Lipinski definition) is 3. The number of rotatable bonds is 3. The van der Waals surface area contributed by atoms with E-state index in [2.05, 4.69) is 54.6 Å². The van der Waals surface area contributed by atoms with Crippen LogP contribution >= 0.6 is 0 Å². The van der Waals surface area contributed by atoms with Crippen molar-refractivity contribution in [3.8, 4) is 33.4 Å². The minimum atomic E-state index is -0.121. The zero-order chi connectivity index (χ0) is 22.3. The van der Waals surface area contributed by atoms with E-state index in [1.54, 1.807) is 0 Å². The number of hydrogen-bond donors (Lipinski definition) is 3. The minimum absolute atomic E-state index is 0.0257. The van der Waals surface area contributed by atoms with Gasteiger partial charge < -0.3 is 15.3 Å². The molecule has 0 heterocycles. The summed E-state index contributed by atoms with van der Waals surface area (Å²) in [5, 5.41) is 31.8. The second-order valence-electron chi connectivity index (χ2n) is 9.33. The van der Waals surface area contributed by atoms with Crippen LogP contribution in [0.2, 0.25) is 0 Å². The molecule has 0 saturated carbocycles. The molecule has 3 aliphatic carbocycles. The molecule has 3 atom stereocenters. The first-order chi connectivity index (χ1) is 16.3. The summed E-state index contributed by atoms with van der Waals surface area (Å²) < 4.78 is 0. The van der Waals surface area contributed by atoms with Crippen LogP contribution in [-0.2, 0) is 0 Å². The van der Waals surface area contributed by atoms with E-state index >= 15 is 0 Å². The number of fused-ring (bicyclic) bond motifs is 12. The highest BCUT2D eigenvalue weighted by molar-refractivity contribution is 6.02. The van der Waals surface area contributed by atoms with Gasteiger partial charge >= 0.3 is 0 Å². The molecule has 0 radical (unpaired) electrons. The molecule has 4 aromatic rings. The van der Waals surface area contributed by atoms with Gasteiger partial charge in [0.15, 0.2) is 0 Å². The number of aliphatic hydroxyl groups is 3. The zero-order valence-electron chi connectivity index (χ0n) is 18.1. The smallest absolute Gasteiger partial charge is 0.0541 e. The van der Waals surface area contributed by atoms with Crippen molar-refractivity contribution >= 4 is 0 Å². The maximum Gasteiger partial charge on any atom is 0.0541 e. The van der Waals surface area contributed by atoms with Gasteiger partial charge in [-0.05, 0) is 66.8 Å². The van der Waals surface area contributed by atoms with Crippen LogP contribution in [0.15, 0.2) is 72.8 Å². The van der Waals surface area contributed by atoms with Gasteiger partial charge in [-0.2, -0.15) is 0 Å². The average Bonchev–Trinajstić information content (AvgIpc) is 3.48. The van der Waals surface area contributed by atoms with E-state index < -0.39 is 0 Å². The summed E-state index contributed by atoms with van der Waals surface area (Å²) in [4.78, 5) is 0. The van der Waals surface area contributed by atoms with Gasteiger partial charge in [0, 0.05) is 17.8 Å². The molecule has 3 heteroatoms. The summed E-state index contributed by atoms with van der Waals surface area (Å²) in [6.07, 6.45) is 0. The third-order valence-electron chi connectivity index (χ3n) is 8.03. The molecule has 4 aromatic carbocycles. The van der Waals surface area contributed by atoms with Crippen molar-refractivity contribution in [2.75, 3.05) is 19.8 Å². The van der Waals surface area contributed by atoms with Crippen molar-refractivity contribution in [3.05, 3.63) is 106 Å². The van der Waals surface area contributed by atoms with Gasteiger partial charge in [0.1, 0.15) is 0 Å². The summed E-state index contributed by atoms with van der Waals surface area (Å²) in [6.45, 7) is 0.0772. The summed E-state index contributed by atoms with van der Waals surface area (Å²) in [6, 6.07) is 25.1. The quantitative estimate of drug-likeness (QED) is 0.427. The lowest BCUT2D eigenvalue weighted by Crippen LogP contribution is -2.10. The van der Waals surface area contributed by atoms with Crippen LogP contribution in [0.3, 0.4) is 0 Å². The van der Waals surface area contributed by atoms with Crippen LogP contribution < -0.4 is 0 Å². The van der Waals surface area contributed by atoms with E-state index in [0.29, 0.717) is 0 Å². The normalized spacial score (nSPS) is 20.6. The molecule has 162 valence electrons. The predicted octanol–water partition coefficient (Wildman–Crippen LogP) is 5.00. The molecule has 7 rings (SSSR count). The van der Waals surface area contributed by atoms with Crippen LogP contribution in [0.4, 0.5) is 0 Å². The molecule has 0 unspecified atom stereocenters. The highest BCUT2D eigenvalue weighted by Gasteiger charge is 2.45. The Hall–Kier alpha value is -3.24. The molecule has 0 aromatic heterocycles. The van der Waals surface area contributed by atoms with Crippen LogP contribution in [0, 0.1) is 0 Å². The Balaban J connectivity index is 1.72. The Labute approximate surface area is 192 Å². The van der Waals surface area contributed by atoms with Crippen LogP contribution in [0.1, 0.15) is 51.1 Å². The predicted molar refractivity (Wildman–Crippen MR) is 130 cm³/mol. The number of aliphatic hydroxyl groups excluding tert-OH is 3. The van der Waals surface area contributed by atoms with Crippen LogP contribution in [0.5, 0.6) is 0 Å². The molecule has 0 spiro atoms. The van der Waals surface area contributed by atoms with Gasteiger partial charge in [0.25, 0.3) is 0 Å². The first kappa shape index (κ1) is 19.2. The average molecular weight is 433 g/mol. The minimum Gasteiger partial charge on any atom is -0.395 e. The third kappa shape index (κ3) is 2.25. The fourth-order valence-corrected chi connectivity index (χ4v) is 6.85. The van der Waals surface area contributed by atoms with Gasteiger partial charge in [-0.25, -0.2) is 0 Å². The highest BCUT2D eigenvalue weighted by Crippen LogP contribution is 2.63. The zero-order valence-corrected chi connectivity index (χ0v) is 18.1. The Morgan fingerprint density at radius 2 is 0.697 bits per heavy atom. The van der Waals surface area contributed by atoms with Crippen molar-refractivity contribution in [3.63, 3.8) is 0 Å². The number of benzene rings is 4. The molecular weight excluding hydrogens is 408 g/mol. The second kappa shape index (κ2) is 6.88. The molecule has 0 amide bonds. The first-order valence-corrected chi connectivity index (χ1v) is 11.6. The van der Waals surface area contributed by atoms with Crippen LogP contribution in [-0.4, -0.2) is 35.1 Å². The SMILES string of the molecule is OC[C@@H]1c2ccccc2-c2c1c1c(c3c2[C@@H](CO)c2ccccc2-3)[C@H](CO)c2ccccc2-1. The fourth-order valence-electron chi connectivity index (χ4n) is 6.85. The Bertz CT molecular complexity index is 1260. The van der Waals surface area contributed by atoms with E-state index in [4.69, 9.17) is 0 Å². The Morgan fingerprint density at radius 3 is 0.970 bits per heavy atom. The van der Waals surface area contributed by atoms with E-state index in [-0.39, 0.29) is 37.6 Å². The summed E-state index contributed by atoms with van der Waals surface area (Å²) in [5.74, 6) is -0.364. The lowest BCUT2D eigenvalue weighted by atomic mass is 9.81. The summed E-state index contributed by atoms with van der Waals surface area (Å²) >= 11 is 0. The molecule has 0 saturated heterocycles. The molecule has 3 N–H and O–H groups in total. The lowest BCUT2D eigenvalue weighted by Gasteiger charge is -2.23. The van der Waals surface area contributed by atoms with Gasteiger partial charge in [-0.1, -0.05) is 72.8 Å². The molecular formula is C30H24O3. The standard InChI is InChI=1S/C30H24O3/c31-13-22-16-7-1-4-10-19(16)25-28(22)26-20-11-5-2-8-17(20)24(15-33)30(26)27-21-12-6-3-9-18(21)23(14-32)29(25)27/h1-12,22-24,31-33H,13-15H2/t22-,23-,24+/m1/s1. The van der Waals surface area contributed by atoms with Crippen molar-refractivity contribution in [1.29, 1.82) is 0 Å². The molecule has 0 aliphatic heterocycles. The van der Waals surface area contributed by atoms with Crippen molar-refractivity contribution < 1.29 is 15.3 Å². The van der Waals surface area contributed by atoms with E-state index in [9.17, 15) is 15.3 Å². The fraction of sp³-hybridized carbons (Fsp3) is 0.200. The van der Waals surface area contributed by atoms with Crippen molar-refractivity contribution in [1.82, 2.24) is 0 Å². The van der Waals surface area contributed by atoms with Gasteiger partial charge in [-0.3, -0.25) is 0 Å². The second-order valence-corrected chi connectivity index (χ2v) is 9.33. The molecule has 3 nitrogen and oxygen atoms in total. The third-order valence-corrected chi connectivity index (χ3v) is 8.03. The van der Waals surface area contributed by atoms with E-state index in [0.717, 1.165) is 50.1 Å². The Kier molecular flexibility index (Phi) is 4.01. The monoisotopic (exact) mass is 432 g/mol. The molecule has 0 bridgehead atoms. The molecule has 33 heavy (non-hydrogen) atoms. The molecule has 3 aliphatic rings. The largest absolute Gasteiger partial charge is 0.395 e. The van der Waals surface area contributed by atoms with E-state index in [1.165, 1.54) is 16.7 Å². The van der Waals surface area contributed by atoms with Gasteiger partial charge in [-0.15, -0.1) is 0 Å². The van der Waals surface area contributed by atoms with E-state index in [1.807, 2.05) is 18.2 Å². The van der Waals surface area contributed by atoms with Crippen molar-refractivity contribution in [2.45, 2.75) is 17.8 Å². The topological polar surface area (TPSA) is 60.7 Å². The lowest BCUT2D eigenvalue weighted by molar-refractivity contribution is 0.280. The summed E-state index contributed by atoms with van der Waals surface area (Å²) in [7, 11) is 0. The highest BCUT2D eigenvalue weighted by atomic mass is 16.3. The first-order valence-electron chi connectivity index (χ1n) is 11.6. The van der Waals surface area contributed by atoms with Gasteiger partial charge in [0.2, 0.25) is 0 Å². The maximum absolute atomic E-state index is 10.6. The molecule has 0 fully saturated rings. The maximum atomic E-state index is 10.6.